The van der Waals surface area contributed by atoms with Crippen molar-refractivity contribution in [2.45, 2.75) is 223 Å². The van der Waals surface area contributed by atoms with Crippen LogP contribution in [-0.4, -0.2) is 198 Å². The highest BCUT2D eigenvalue weighted by Crippen LogP contribution is 2.59. The molecule has 4 saturated carbocycles. The summed E-state index contributed by atoms with van der Waals surface area (Å²) < 4.78 is 48.2. The number of halogens is 2. The van der Waals surface area contributed by atoms with Gasteiger partial charge in [0.25, 0.3) is 0 Å². The number of benzene rings is 6. The van der Waals surface area contributed by atoms with E-state index in [1.807, 2.05) is 0 Å². The van der Waals surface area contributed by atoms with Crippen molar-refractivity contribution in [1.29, 1.82) is 0 Å². The molecule has 14 N–H and O–H groups in total. The Kier molecular flexibility index (Phi) is 29.3. The first-order chi connectivity index (χ1) is 60.9. The summed E-state index contributed by atoms with van der Waals surface area (Å²) >= 11 is 14.5. The number of nitrogens with zero attached hydrogens (tertiary/aromatic N) is 1. The van der Waals surface area contributed by atoms with Crippen LogP contribution in [0, 0.1) is 41.4 Å². The average Bonchev–Trinajstić information content (AvgIpc) is 0.753. The number of rotatable bonds is 20. The van der Waals surface area contributed by atoms with E-state index in [-0.39, 0.29) is 107 Å². The topological polar surface area (TPSA) is 499 Å². The molecule has 10 aliphatic rings. The maximum atomic E-state index is 16.8. The van der Waals surface area contributed by atoms with Crippen LogP contribution in [0.2, 0.25) is 10.0 Å². The standard InChI is InChI=1S/C93H109Cl2N7O27/c1-42(2)25-61(102(9)91(121)129-93(6,7)8)87(118)100-77-64(106)34-51(37-72(109)97-90(120)96-52-14-16-54(17-15-52)123-24-23-122-10)85(116)98-75-50-35-70(124-67-19-12-46(79(77)111)32-59(67)94)84(127-89-83(115)82(114)81(113)69(126-89)21-22-73(110)128-92(3,4)5)71(36-50)125-68-20-13-47(33-60(68)95)80(112)78-88(119)99-76(66(108)40-55-48-27-43-26-44(29-48)30-49(55)28-43)58-38-53(103)39-63(105)74(58)57-31-45(11-18-62(57)104)56(41-65(75)107)86(117)101-78/h11-20,31-33,35-36,38-39,42-44,48-49,51,55-56,61,69,75-83,89,103-105,111-115H,21-30,34,37,40-41H2,1-10H3,(H,98,116)(H,99,119)(H,100,118)(H,101,117)(H2,96,97,109,120)/t43?,44?,48?,49?,51-,55?,56+,61+,69+,75+,76-,77-,78-,79+,80+,81+,82-,83+,89-/m0/s1. The Labute approximate surface area is 753 Å². The van der Waals surface area contributed by atoms with Gasteiger partial charge in [-0.25, -0.2) is 9.59 Å². The fourth-order valence-corrected chi connectivity index (χ4v) is 18.9. The number of Topliss-reactive ketones (excluding diaryl/α,β-unsaturated/α-hetero) is 3. The Balaban J connectivity index is 0.995. The maximum absolute atomic E-state index is 16.8. The summed E-state index contributed by atoms with van der Waals surface area (Å²) in [6.07, 6.45) is -15.0. The third kappa shape index (κ3) is 22.5. The number of hydrogen-bond donors (Lipinski definition) is 14. The molecule has 36 heteroatoms. The molecular formula is C93H109Cl2N7O27. The van der Waals surface area contributed by atoms with E-state index in [0.29, 0.717) is 17.6 Å². The van der Waals surface area contributed by atoms with Crippen molar-refractivity contribution in [2.24, 2.45) is 41.4 Å². The molecule has 6 heterocycles. The molecule has 15 bridgehead atoms. The third-order valence-electron chi connectivity index (χ3n) is 24.5. The molecule has 0 unspecified atom stereocenters. The second-order valence-electron chi connectivity index (χ2n) is 36.8. The number of amides is 8. The van der Waals surface area contributed by atoms with Gasteiger partial charge >= 0.3 is 18.1 Å². The molecular weight excluding hydrogens is 1720 g/mol. The lowest BCUT2D eigenvalue weighted by atomic mass is 9.51. The zero-order chi connectivity index (χ0) is 93.3. The first kappa shape index (κ1) is 95.4. The number of nitrogens with one attached hydrogen (secondary N) is 6. The van der Waals surface area contributed by atoms with Gasteiger partial charge in [-0.3, -0.25) is 53.4 Å². The van der Waals surface area contributed by atoms with E-state index >= 15 is 33.6 Å². The van der Waals surface area contributed by atoms with Crippen LogP contribution in [0.15, 0.2) is 103 Å². The predicted octanol–water partition coefficient (Wildman–Crippen LogP) is 10.5. The zero-order valence-electron chi connectivity index (χ0n) is 72.8. The fraction of sp³-hybridized carbons (Fsp3) is 0.495. The van der Waals surface area contributed by atoms with E-state index in [4.69, 9.17) is 61.1 Å². The number of carbonyl (C=O) groups excluding carboxylic acids is 11. The number of fused-ring (bicyclic) bond motifs is 15. The monoisotopic (exact) mass is 1830 g/mol. The van der Waals surface area contributed by atoms with Gasteiger partial charge in [-0.05, 0) is 229 Å². The van der Waals surface area contributed by atoms with Gasteiger partial charge in [0.2, 0.25) is 41.6 Å². The number of likely N-dealkylation sites (N-methyl/N-ethyl adjacent to an activating group) is 1. The number of phenolic OH excluding ortho intramolecular Hbond substituents is 3. The molecule has 6 aliphatic heterocycles. The van der Waals surface area contributed by atoms with Gasteiger partial charge in [-0.1, -0.05) is 55.2 Å². The number of aliphatic hydroxyl groups excluding tert-OH is 5. The quantitative estimate of drug-likeness (QED) is 0.0249. The summed E-state index contributed by atoms with van der Waals surface area (Å²) in [5.41, 5.74) is -3.85. The number of aliphatic hydroxyl groups is 5. The van der Waals surface area contributed by atoms with E-state index in [1.54, 1.807) is 55.4 Å². The lowest BCUT2D eigenvalue weighted by molar-refractivity contribution is -0.273. The summed E-state index contributed by atoms with van der Waals surface area (Å²) in [6, 6.07) is 9.59. The van der Waals surface area contributed by atoms with Crippen LogP contribution >= 0.6 is 23.2 Å². The smallest absolute Gasteiger partial charge is 0.410 e. The molecule has 14 atom stereocenters. The van der Waals surface area contributed by atoms with Crippen LogP contribution in [0.5, 0.6) is 51.7 Å². The van der Waals surface area contributed by atoms with Crippen molar-refractivity contribution in [1.82, 2.24) is 31.5 Å². The number of esters is 1. The Morgan fingerprint density at radius 1 is 0.628 bits per heavy atom. The Morgan fingerprint density at radius 3 is 1.85 bits per heavy atom. The maximum Gasteiger partial charge on any atom is 0.410 e. The van der Waals surface area contributed by atoms with E-state index in [2.05, 4.69) is 31.9 Å². The van der Waals surface area contributed by atoms with Gasteiger partial charge in [-0.2, -0.15) is 0 Å². The fourth-order valence-electron chi connectivity index (χ4n) is 18.5. The molecule has 6 aromatic carbocycles. The molecule has 692 valence electrons. The van der Waals surface area contributed by atoms with Gasteiger partial charge in [-0.15, -0.1) is 0 Å². The molecule has 6 aromatic rings. The van der Waals surface area contributed by atoms with Crippen molar-refractivity contribution >= 4 is 93.9 Å². The van der Waals surface area contributed by atoms with Crippen LogP contribution < -0.4 is 50.8 Å². The number of imide groups is 1. The highest BCUT2D eigenvalue weighted by Gasteiger charge is 2.52. The number of urea groups is 1. The number of ether oxygens (including phenoxy) is 8. The van der Waals surface area contributed by atoms with Crippen molar-refractivity contribution < 1.29 is 131 Å². The summed E-state index contributed by atoms with van der Waals surface area (Å²) in [5, 5.41) is 111. The van der Waals surface area contributed by atoms with Gasteiger partial charge < -0.3 is 105 Å². The second-order valence-corrected chi connectivity index (χ2v) is 37.6. The Morgan fingerprint density at radius 2 is 1.25 bits per heavy atom. The molecule has 1 saturated heterocycles. The molecule has 34 nitrogen and oxygen atoms in total. The molecule has 16 rings (SSSR count). The normalized spacial score (nSPS) is 26.4. The number of methoxy groups -OCH3 is 1. The highest BCUT2D eigenvalue weighted by atomic mass is 35.5. The van der Waals surface area contributed by atoms with E-state index in [0.717, 1.165) is 79.5 Å². The van der Waals surface area contributed by atoms with Crippen LogP contribution in [0.25, 0.3) is 11.1 Å². The summed E-state index contributed by atoms with van der Waals surface area (Å²) in [4.78, 5) is 169. The van der Waals surface area contributed by atoms with Crippen molar-refractivity contribution in [2.75, 3.05) is 32.7 Å². The van der Waals surface area contributed by atoms with Gasteiger partial charge in [0.15, 0.2) is 28.8 Å². The van der Waals surface area contributed by atoms with Crippen LogP contribution in [0.1, 0.15) is 190 Å². The first-order valence-corrected chi connectivity index (χ1v) is 43.7. The molecule has 8 amide bonds. The number of phenols is 3. The van der Waals surface area contributed by atoms with Gasteiger partial charge in [0.1, 0.15) is 113 Å². The highest BCUT2D eigenvalue weighted by molar-refractivity contribution is 6.32. The minimum Gasteiger partial charge on any atom is -0.508 e. The minimum absolute atomic E-state index is 0.0758. The van der Waals surface area contributed by atoms with Crippen molar-refractivity contribution in [3.63, 3.8) is 0 Å². The molecule has 0 radical (unpaired) electrons. The lowest BCUT2D eigenvalue weighted by Crippen LogP contribution is -2.59. The second kappa shape index (κ2) is 39.6. The van der Waals surface area contributed by atoms with E-state index in [1.165, 1.54) is 74.8 Å². The van der Waals surface area contributed by atoms with Crippen molar-refractivity contribution in [3.05, 3.63) is 141 Å². The summed E-state index contributed by atoms with van der Waals surface area (Å²) in [7, 11) is 2.76. The van der Waals surface area contributed by atoms with E-state index in [9.17, 15) is 60.0 Å². The number of aromatic hydroxyl groups is 3. The Bertz CT molecular complexity index is 5260. The molecule has 4 aliphatic carbocycles. The first-order valence-electron chi connectivity index (χ1n) is 43.0. The molecule has 129 heavy (non-hydrogen) atoms. The van der Waals surface area contributed by atoms with Crippen LogP contribution in [0.4, 0.5) is 15.3 Å². The lowest BCUT2D eigenvalue weighted by Gasteiger charge is -2.54. The Hall–Kier alpha value is -11.2. The predicted molar refractivity (Wildman–Crippen MR) is 463 cm³/mol. The SMILES string of the molecule is COCCOc1ccc(NC(=O)NC(=O)C[C@@H]2CC(=O)[C@H](NC(=O)[C@@H](CC(C)C)N(C)C(=O)OC(C)(C)C)[C@H](O)c3ccc(c(Cl)c3)Oc3cc4cc(c3O[C@@H]3O[C@H](CCC(=O)OC(C)(C)C)[C@@H](O)[C@H](O)[C@H]3O)Oc3ccc(cc3Cl)[C@@H](O)[C@@H]3NC(=O)[C@H](CC(=O)[C@@H]4NC2=O)c2ccc(O)c(c2)-c2c(O)cc(O)cc2[C@@H](C(=O)CC2C4CC5CC(C4)CC2C5)NC3=O)cc1. The zero-order valence-corrected chi connectivity index (χ0v) is 74.3. The minimum atomic E-state index is -2.31. The third-order valence-corrected chi connectivity index (χ3v) is 25.1. The molecule has 0 aromatic heterocycles. The summed E-state index contributed by atoms with van der Waals surface area (Å²) in [6.45, 7) is 13.6. The van der Waals surface area contributed by atoms with Crippen molar-refractivity contribution in [3.8, 4) is 62.9 Å². The van der Waals surface area contributed by atoms with Gasteiger partial charge in [0.05, 0.1) is 34.6 Å². The average molecular weight is 1830 g/mol. The summed E-state index contributed by atoms with van der Waals surface area (Å²) in [5.74, 6) is -17.4. The number of anilines is 1. The largest absolute Gasteiger partial charge is 0.508 e. The number of ketones is 3. The van der Waals surface area contributed by atoms with Gasteiger partial charge in [0, 0.05) is 69.1 Å². The number of hydrogen-bond acceptors (Lipinski definition) is 27. The van der Waals surface area contributed by atoms with Crippen LogP contribution in [0.3, 0.4) is 0 Å². The molecule has 5 fully saturated rings. The number of carbonyl (C=O) groups is 11. The van der Waals surface area contributed by atoms with E-state index < -0.39 is 237 Å². The molecule has 0 spiro atoms. The van der Waals surface area contributed by atoms with Crippen LogP contribution in [-0.2, 0) is 62.1 Å².